The molecule has 0 radical (unpaired) electrons. The van der Waals surface area contributed by atoms with Gasteiger partial charge in [-0.05, 0) is 37.9 Å². The van der Waals surface area contributed by atoms with E-state index in [1.165, 1.54) is 5.56 Å². The molecule has 5 nitrogen and oxygen atoms in total. The van der Waals surface area contributed by atoms with Crippen LogP contribution >= 0.6 is 0 Å². The summed E-state index contributed by atoms with van der Waals surface area (Å²) in [4.78, 5) is 4.11. The summed E-state index contributed by atoms with van der Waals surface area (Å²) in [6, 6.07) is 4.28. The number of nitrogens with one attached hydrogen (secondary N) is 1. The number of hydrogen-bond donors (Lipinski definition) is 3. The number of nitrogens with two attached hydrogens (primary N) is 1. The first-order valence-electron chi connectivity index (χ1n) is 6.58. The molecule has 0 saturated carbocycles. The van der Waals surface area contributed by atoms with Crippen LogP contribution in [0.2, 0.25) is 0 Å². The molecule has 1 rings (SSSR count). The fourth-order valence-corrected chi connectivity index (χ4v) is 1.86. The minimum absolute atomic E-state index is 0.270. The molecule has 0 fully saturated rings. The molecule has 0 unspecified atom stereocenters. The molecule has 106 valence electrons. The maximum absolute atomic E-state index is 8.70. The number of rotatable bonds is 7. The molecule has 0 aliphatic carbocycles. The number of amidine groups is 1. The molecule has 0 bridgehead atoms. The first-order chi connectivity index (χ1) is 8.97. The largest absolute Gasteiger partial charge is 0.409 e. The van der Waals surface area contributed by atoms with Gasteiger partial charge in [-0.2, -0.15) is 0 Å². The molecular weight excluding hydrogens is 240 g/mol. The summed E-state index contributed by atoms with van der Waals surface area (Å²) in [5, 5.41) is 15.2. The molecule has 0 spiro atoms. The molecule has 5 heteroatoms. The quantitative estimate of drug-likeness (QED) is 0.232. The predicted octanol–water partition coefficient (Wildman–Crippen LogP) is 2.29. The normalized spacial score (nSPS) is 14.4. The summed E-state index contributed by atoms with van der Waals surface area (Å²) in [5.41, 5.74) is 6.56. The van der Waals surface area contributed by atoms with Crippen LogP contribution in [0, 0.1) is 5.41 Å². The Labute approximate surface area is 114 Å². The van der Waals surface area contributed by atoms with Gasteiger partial charge in [0.25, 0.3) is 0 Å². The SMILES string of the molecule is C[C@H](NCCCC(C)(C)/C(N)=N/O)c1cccnc1. The average molecular weight is 264 g/mol. The van der Waals surface area contributed by atoms with Crippen LogP contribution in [0.3, 0.4) is 0 Å². The van der Waals surface area contributed by atoms with E-state index in [2.05, 4.69) is 28.4 Å². The van der Waals surface area contributed by atoms with Crippen molar-refractivity contribution in [2.24, 2.45) is 16.3 Å². The topological polar surface area (TPSA) is 83.5 Å². The van der Waals surface area contributed by atoms with Crippen LogP contribution in [0.1, 0.15) is 45.2 Å². The van der Waals surface area contributed by atoms with Crippen molar-refractivity contribution in [2.75, 3.05) is 6.54 Å². The van der Waals surface area contributed by atoms with Crippen molar-refractivity contribution in [3.05, 3.63) is 30.1 Å². The molecule has 1 aromatic rings. The first-order valence-corrected chi connectivity index (χ1v) is 6.58. The van der Waals surface area contributed by atoms with E-state index in [-0.39, 0.29) is 17.3 Å². The van der Waals surface area contributed by atoms with Gasteiger partial charge in [-0.15, -0.1) is 0 Å². The highest BCUT2D eigenvalue weighted by Gasteiger charge is 2.22. The van der Waals surface area contributed by atoms with Crippen LogP contribution < -0.4 is 11.1 Å². The van der Waals surface area contributed by atoms with Gasteiger partial charge in [-0.1, -0.05) is 25.1 Å². The maximum atomic E-state index is 8.70. The van der Waals surface area contributed by atoms with Crippen molar-refractivity contribution < 1.29 is 5.21 Å². The number of aromatic nitrogens is 1. The van der Waals surface area contributed by atoms with E-state index >= 15 is 0 Å². The van der Waals surface area contributed by atoms with Gasteiger partial charge in [0.2, 0.25) is 0 Å². The highest BCUT2D eigenvalue weighted by Crippen LogP contribution is 2.22. The van der Waals surface area contributed by atoms with Gasteiger partial charge in [0.1, 0.15) is 5.84 Å². The monoisotopic (exact) mass is 264 g/mol. The number of pyridine rings is 1. The van der Waals surface area contributed by atoms with Gasteiger partial charge in [0, 0.05) is 23.9 Å². The molecule has 0 amide bonds. The van der Waals surface area contributed by atoms with E-state index < -0.39 is 0 Å². The minimum atomic E-state index is -0.270. The summed E-state index contributed by atoms with van der Waals surface area (Å²) >= 11 is 0. The Morgan fingerprint density at radius 3 is 2.89 bits per heavy atom. The molecule has 19 heavy (non-hydrogen) atoms. The van der Waals surface area contributed by atoms with E-state index in [0.717, 1.165) is 19.4 Å². The lowest BCUT2D eigenvalue weighted by Crippen LogP contribution is -2.32. The van der Waals surface area contributed by atoms with Gasteiger partial charge in [-0.3, -0.25) is 4.98 Å². The molecule has 0 aliphatic rings. The van der Waals surface area contributed by atoms with Gasteiger partial charge in [-0.25, -0.2) is 0 Å². The summed E-state index contributed by atoms with van der Waals surface area (Å²) in [7, 11) is 0. The molecule has 0 aliphatic heterocycles. The Morgan fingerprint density at radius 2 is 2.32 bits per heavy atom. The van der Waals surface area contributed by atoms with Crippen LogP contribution in [-0.4, -0.2) is 22.6 Å². The van der Waals surface area contributed by atoms with Crippen molar-refractivity contribution in [1.82, 2.24) is 10.3 Å². The third kappa shape index (κ3) is 4.87. The van der Waals surface area contributed by atoms with Gasteiger partial charge < -0.3 is 16.3 Å². The van der Waals surface area contributed by atoms with Crippen molar-refractivity contribution in [3.63, 3.8) is 0 Å². The van der Waals surface area contributed by atoms with Gasteiger partial charge >= 0.3 is 0 Å². The number of nitrogens with zero attached hydrogens (tertiary/aromatic N) is 2. The van der Waals surface area contributed by atoms with E-state index in [4.69, 9.17) is 10.9 Å². The van der Waals surface area contributed by atoms with Gasteiger partial charge in [0.15, 0.2) is 0 Å². The fraction of sp³-hybridized carbons (Fsp3) is 0.571. The predicted molar refractivity (Wildman–Crippen MR) is 77.1 cm³/mol. The second-order valence-corrected chi connectivity index (χ2v) is 5.43. The lowest BCUT2D eigenvalue weighted by molar-refractivity contribution is 0.304. The van der Waals surface area contributed by atoms with E-state index in [9.17, 15) is 0 Å². The van der Waals surface area contributed by atoms with Crippen molar-refractivity contribution in [2.45, 2.75) is 39.7 Å². The lowest BCUT2D eigenvalue weighted by atomic mass is 9.86. The van der Waals surface area contributed by atoms with Crippen LogP contribution in [0.4, 0.5) is 0 Å². The second-order valence-electron chi connectivity index (χ2n) is 5.43. The van der Waals surface area contributed by atoms with Crippen molar-refractivity contribution in [1.29, 1.82) is 0 Å². The van der Waals surface area contributed by atoms with Crippen LogP contribution in [0.15, 0.2) is 29.7 Å². The zero-order valence-corrected chi connectivity index (χ0v) is 11.9. The highest BCUT2D eigenvalue weighted by molar-refractivity contribution is 5.85. The maximum Gasteiger partial charge on any atom is 0.144 e. The summed E-state index contributed by atoms with van der Waals surface area (Å²) in [6.45, 7) is 6.96. The lowest BCUT2D eigenvalue weighted by Gasteiger charge is -2.23. The number of oxime groups is 1. The molecule has 1 heterocycles. The summed E-state index contributed by atoms with van der Waals surface area (Å²) < 4.78 is 0. The molecule has 1 aromatic heterocycles. The first kappa shape index (κ1) is 15.4. The number of hydrogen-bond acceptors (Lipinski definition) is 4. The van der Waals surface area contributed by atoms with Crippen LogP contribution in [0.5, 0.6) is 0 Å². The molecule has 0 saturated heterocycles. The molecular formula is C14H24N4O. The summed E-state index contributed by atoms with van der Waals surface area (Å²) in [5.74, 6) is 0.285. The van der Waals surface area contributed by atoms with E-state index in [0.29, 0.717) is 0 Å². The third-order valence-electron chi connectivity index (χ3n) is 3.41. The van der Waals surface area contributed by atoms with E-state index in [1.54, 1.807) is 6.20 Å². The summed E-state index contributed by atoms with van der Waals surface area (Å²) in [6.07, 6.45) is 5.48. The second kappa shape index (κ2) is 7.09. The molecule has 1 atom stereocenters. The van der Waals surface area contributed by atoms with E-state index in [1.807, 2.05) is 26.1 Å². The van der Waals surface area contributed by atoms with Crippen LogP contribution in [0.25, 0.3) is 0 Å². The Morgan fingerprint density at radius 1 is 1.58 bits per heavy atom. The zero-order chi connectivity index (χ0) is 14.3. The van der Waals surface area contributed by atoms with Gasteiger partial charge in [0.05, 0.1) is 0 Å². The van der Waals surface area contributed by atoms with Crippen molar-refractivity contribution in [3.8, 4) is 0 Å². The fourth-order valence-electron chi connectivity index (χ4n) is 1.86. The smallest absolute Gasteiger partial charge is 0.144 e. The molecule has 4 N–H and O–H groups in total. The van der Waals surface area contributed by atoms with Crippen LogP contribution in [-0.2, 0) is 0 Å². The van der Waals surface area contributed by atoms with Crippen molar-refractivity contribution >= 4 is 5.84 Å². The Hall–Kier alpha value is -1.62. The average Bonchev–Trinajstić information content (AvgIpc) is 2.43. The minimum Gasteiger partial charge on any atom is -0.409 e. The third-order valence-corrected chi connectivity index (χ3v) is 3.41. The Kier molecular flexibility index (Phi) is 5.76. The Bertz CT molecular complexity index is 403. The Balaban J connectivity index is 2.32. The zero-order valence-electron chi connectivity index (χ0n) is 11.9. The standard InChI is InChI=1S/C14H24N4O/c1-11(12-6-4-8-16-10-12)17-9-5-7-14(2,3)13(15)18-19/h4,6,8,10-11,17,19H,5,7,9H2,1-3H3,(H2,15,18)/t11-/m0/s1. The molecule has 0 aromatic carbocycles. The highest BCUT2D eigenvalue weighted by atomic mass is 16.4.